The van der Waals surface area contributed by atoms with Crippen LogP contribution in [0.25, 0.3) is 11.1 Å². The number of hydrogen-bond acceptors (Lipinski definition) is 2. The maximum Gasteiger partial charge on any atom is 0.322 e. The van der Waals surface area contributed by atoms with Crippen molar-refractivity contribution in [2.24, 2.45) is 0 Å². The first-order valence-corrected chi connectivity index (χ1v) is 10.0. The molecule has 0 heterocycles. The Balaban J connectivity index is 1.75. The van der Waals surface area contributed by atoms with E-state index in [0.29, 0.717) is 19.7 Å². The van der Waals surface area contributed by atoms with Crippen LogP contribution in [0, 0.1) is 0 Å². The van der Waals surface area contributed by atoms with Gasteiger partial charge in [-0.25, -0.2) is 4.79 Å². The number of carbonyl (C=O) groups is 1. The lowest BCUT2D eigenvalue weighted by Gasteiger charge is -2.24. The van der Waals surface area contributed by atoms with Crippen LogP contribution in [0.15, 0.2) is 84.9 Å². The van der Waals surface area contributed by atoms with Crippen LogP contribution in [-0.4, -0.2) is 31.2 Å². The zero-order valence-corrected chi connectivity index (χ0v) is 16.9. The fraction of sp³-hybridized carbons (Fsp3) is 0.240. The zero-order chi connectivity index (χ0) is 20.3. The van der Waals surface area contributed by atoms with Gasteiger partial charge in [0, 0.05) is 32.4 Å². The normalized spacial score (nSPS) is 10.5. The molecule has 150 valence electrons. The van der Waals surface area contributed by atoms with E-state index in [9.17, 15) is 4.79 Å². The third-order valence-electron chi connectivity index (χ3n) is 4.78. The second-order valence-corrected chi connectivity index (χ2v) is 6.95. The van der Waals surface area contributed by atoms with Gasteiger partial charge >= 0.3 is 6.03 Å². The highest BCUT2D eigenvalue weighted by Gasteiger charge is 2.16. The maximum atomic E-state index is 13.1. The lowest BCUT2D eigenvalue weighted by molar-refractivity contribution is 0.182. The van der Waals surface area contributed by atoms with Crippen LogP contribution in [0.3, 0.4) is 0 Å². The quantitative estimate of drug-likeness (QED) is 0.470. The van der Waals surface area contributed by atoms with Gasteiger partial charge in [-0.2, -0.15) is 0 Å². The molecular formula is C25H28N2O2. The van der Waals surface area contributed by atoms with Crippen molar-refractivity contribution in [3.63, 3.8) is 0 Å². The number of hydrogen-bond donors (Lipinski definition) is 1. The summed E-state index contributed by atoms with van der Waals surface area (Å²) in [6, 6.07) is 28.0. The van der Waals surface area contributed by atoms with Gasteiger partial charge in [0.1, 0.15) is 0 Å². The summed E-state index contributed by atoms with van der Waals surface area (Å²) in [4.78, 5) is 15.0. The predicted octanol–water partition coefficient (Wildman–Crippen LogP) is 5.81. The molecule has 0 atom stereocenters. The molecule has 3 aromatic carbocycles. The molecule has 2 amide bonds. The van der Waals surface area contributed by atoms with Gasteiger partial charge in [0.15, 0.2) is 0 Å². The largest absolute Gasteiger partial charge is 0.385 e. The van der Waals surface area contributed by atoms with E-state index in [1.54, 1.807) is 7.11 Å². The summed E-state index contributed by atoms with van der Waals surface area (Å²) in [5, 5.41) is 3.13. The molecule has 0 aliphatic heterocycles. The Bertz CT molecular complexity index is 882. The Morgan fingerprint density at radius 3 is 2.24 bits per heavy atom. The second-order valence-electron chi connectivity index (χ2n) is 6.95. The summed E-state index contributed by atoms with van der Waals surface area (Å²) in [5.74, 6) is 0. The minimum Gasteiger partial charge on any atom is -0.385 e. The number of anilines is 1. The summed E-state index contributed by atoms with van der Waals surface area (Å²) in [6.45, 7) is 1.96. The smallest absolute Gasteiger partial charge is 0.322 e. The average Bonchev–Trinajstić information content (AvgIpc) is 2.77. The van der Waals surface area contributed by atoms with Crippen LogP contribution in [0.5, 0.6) is 0 Å². The van der Waals surface area contributed by atoms with Gasteiger partial charge in [-0.05, 0) is 30.0 Å². The summed E-state index contributed by atoms with van der Waals surface area (Å²) >= 11 is 0. The van der Waals surface area contributed by atoms with Crippen LogP contribution in [0.4, 0.5) is 10.5 Å². The third-order valence-corrected chi connectivity index (χ3v) is 4.78. The summed E-state index contributed by atoms with van der Waals surface area (Å²) < 4.78 is 5.14. The Morgan fingerprint density at radius 2 is 1.52 bits per heavy atom. The molecule has 4 nitrogen and oxygen atoms in total. The van der Waals surface area contributed by atoms with Crippen molar-refractivity contribution in [3.05, 3.63) is 90.5 Å². The minimum atomic E-state index is -0.0883. The molecule has 4 heteroatoms. The number of urea groups is 1. The molecule has 3 aromatic rings. The SMILES string of the molecule is COCCCCN(Cc1ccccc1)C(=O)Nc1ccccc1-c1ccccc1. The van der Waals surface area contributed by atoms with Crippen LogP contribution in [0.1, 0.15) is 18.4 Å². The first-order chi connectivity index (χ1) is 14.3. The Labute approximate surface area is 173 Å². The molecule has 0 saturated carbocycles. The van der Waals surface area contributed by atoms with Gasteiger partial charge < -0.3 is 15.0 Å². The van der Waals surface area contributed by atoms with Crippen LogP contribution < -0.4 is 5.32 Å². The molecule has 0 bridgehead atoms. The number of rotatable bonds is 9. The summed E-state index contributed by atoms with van der Waals surface area (Å²) in [5.41, 5.74) is 4.03. The van der Waals surface area contributed by atoms with E-state index in [4.69, 9.17) is 4.74 Å². The first kappa shape index (κ1) is 20.6. The van der Waals surface area contributed by atoms with E-state index in [1.807, 2.05) is 77.7 Å². The van der Waals surface area contributed by atoms with E-state index >= 15 is 0 Å². The molecule has 0 unspecified atom stereocenters. The Hall–Kier alpha value is -3.11. The minimum absolute atomic E-state index is 0.0883. The van der Waals surface area contributed by atoms with E-state index in [0.717, 1.165) is 35.2 Å². The number of carbonyl (C=O) groups excluding carboxylic acids is 1. The van der Waals surface area contributed by atoms with Crippen molar-refractivity contribution in [2.75, 3.05) is 25.6 Å². The highest BCUT2D eigenvalue weighted by molar-refractivity contribution is 5.94. The molecule has 1 N–H and O–H groups in total. The lowest BCUT2D eigenvalue weighted by Crippen LogP contribution is -2.35. The van der Waals surface area contributed by atoms with Crippen LogP contribution >= 0.6 is 0 Å². The number of para-hydroxylation sites is 1. The molecule has 0 aliphatic rings. The van der Waals surface area contributed by atoms with Gasteiger partial charge in [-0.3, -0.25) is 0 Å². The van der Waals surface area contributed by atoms with E-state index in [2.05, 4.69) is 17.4 Å². The number of methoxy groups -OCH3 is 1. The van der Waals surface area contributed by atoms with Crippen molar-refractivity contribution in [2.45, 2.75) is 19.4 Å². The number of nitrogens with zero attached hydrogens (tertiary/aromatic N) is 1. The number of benzene rings is 3. The van der Waals surface area contributed by atoms with Crippen molar-refractivity contribution in [1.82, 2.24) is 4.90 Å². The fourth-order valence-corrected chi connectivity index (χ4v) is 3.26. The van der Waals surface area contributed by atoms with E-state index < -0.39 is 0 Å². The molecule has 29 heavy (non-hydrogen) atoms. The molecule has 0 saturated heterocycles. The Kier molecular flexibility index (Phi) is 7.84. The summed E-state index contributed by atoms with van der Waals surface area (Å²) in [7, 11) is 1.70. The topological polar surface area (TPSA) is 41.6 Å². The number of nitrogens with one attached hydrogen (secondary N) is 1. The fourth-order valence-electron chi connectivity index (χ4n) is 3.26. The lowest BCUT2D eigenvalue weighted by atomic mass is 10.0. The summed E-state index contributed by atoms with van der Waals surface area (Å²) in [6.07, 6.45) is 1.82. The van der Waals surface area contributed by atoms with Crippen molar-refractivity contribution in [3.8, 4) is 11.1 Å². The first-order valence-electron chi connectivity index (χ1n) is 10.0. The second kappa shape index (κ2) is 11.0. The van der Waals surface area contributed by atoms with Gasteiger partial charge in [0.05, 0.1) is 5.69 Å². The molecule has 0 aliphatic carbocycles. The van der Waals surface area contributed by atoms with Gasteiger partial charge in [-0.1, -0.05) is 78.9 Å². The van der Waals surface area contributed by atoms with Gasteiger partial charge in [0.2, 0.25) is 0 Å². The molecule has 0 radical (unpaired) electrons. The highest BCUT2D eigenvalue weighted by atomic mass is 16.5. The number of unbranched alkanes of at least 4 members (excludes halogenated alkanes) is 1. The van der Waals surface area contributed by atoms with Gasteiger partial charge in [0.25, 0.3) is 0 Å². The zero-order valence-electron chi connectivity index (χ0n) is 16.9. The predicted molar refractivity (Wildman–Crippen MR) is 119 cm³/mol. The average molecular weight is 389 g/mol. The highest BCUT2D eigenvalue weighted by Crippen LogP contribution is 2.27. The molecular weight excluding hydrogens is 360 g/mol. The van der Waals surface area contributed by atoms with Crippen LogP contribution in [0.2, 0.25) is 0 Å². The molecule has 0 fully saturated rings. The van der Waals surface area contributed by atoms with Crippen LogP contribution in [-0.2, 0) is 11.3 Å². The Morgan fingerprint density at radius 1 is 0.862 bits per heavy atom. The van der Waals surface area contributed by atoms with Crippen molar-refractivity contribution < 1.29 is 9.53 Å². The third kappa shape index (κ3) is 6.19. The monoisotopic (exact) mass is 388 g/mol. The molecule has 0 aromatic heterocycles. The maximum absolute atomic E-state index is 13.1. The molecule has 3 rings (SSSR count). The van der Waals surface area contributed by atoms with Crippen molar-refractivity contribution in [1.29, 1.82) is 0 Å². The van der Waals surface area contributed by atoms with Crippen molar-refractivity contribution >= 4 is 11.7 Å². The standard InChI is InChI=1S/C25H28N2O2/c1-29-19-11-10-18-27(20-21-12-4-2-5-13-21)25(28)26-24-17-9-8-16-23(24)22-14-6-3-7-15-22/h2-9,12-17H,10-11,18-20H2,1H3,(H,26,28). The number of amides is 2. The van der Waals surface area contributed by atoms with Gasteiger partial charge in [-0.15, -0.1) is 0 Å². The van der Waals surface area contributed by atoms with E-state index in [1.165, 1.54) is 0 Å². The van der Waals surface area contributed by atoms with E-state index in [-0.39, 0.29) is 6.03 Å². The number of ether oxygens (including phenoxy) is 1. The molecule has 0 spiro atoms.